The fourth-order valence-corrected chi connectivity index (χ4v) is 1.34. The van der Waals surface area contributed by atoms with Gasteiger partial charge in [-0.2, -0.15) is 0 Å². The lowest BCUT2D eigenvalue weighted by Gasteiger charge is -2.09. The van der Waals surface area contributed by atoms with E-state index in [2.05, 4.69) is 10.3 Å². The number of nitrogens with one attached hydrogen (secondary N) is 1. The van der Waals surface area contributed by atoms with E-state index in [-0.39, 0.29) is 23.3 Å². The molecule has 2 rings (SSSR count). The van der Waals surface area contributed by atoms with Crippen molar-refractivity contribution >= 4 is 12.2 Å². The first-order valence-electron chi connectivity index (χ1n) is 5.09. The lowest BCUT2D eigenvalue weighted by molar-refractivity contribution is 0.0951. The summed E-state index contributed by atoms with van der Waals surface area (Å²) in [6.07, 6.45) is 4.25. The minimum Gasteiger partial charge on any atom is -0.490 e. The fourth-order valence-electron chi connectivity index (χ4n) is 1.34. The molecule has 1 heterocycles. The molecule has 0 atom stereocenters. The molecule has 1 aromatic heterocycles. The van der Waals surface area contributed by atoms with Crippen molar-refractivity contribution in [2.45, 2.75) is 18.9 Å². The molecule has 0 spiro atoms. The molecule has 0 unspecified atom stereocenters. The number of hydrogen-bond donors (Lipinski definition) is 1. The first-order chi connectivity index (χ1) is 7.76. The van der Waals surface area contributed by atoms with Gasteiger partial charge in [0, 0.05) is 13.2 Å². The molecule has 0 aliphatic heterocycles. The first-order valence-corrected chi connectivity index (χ1v) is 5.09. The first kappa shape index (κ1) is 10.6. The van der Waals surface area contributed by atoms with Gasteiger partial charge in [0.1, 0.15) is 11.4 Å². The number of aldehydes is 1. The van der Waals surface area contributed by atoms with Gasteiger partial charge >= 0.3 is 0 Å². The number of aromatic nitrogens is 1. The summed E-state index contributed by atoms with van der Waals surface area (Å²) >= 11 is 0. The summed E-state index contributed by atoms with van der Waals surface area (Å²) in [5, 5.41) is 2.44. The van der Waals surface area contributed by atoms with Crippen LogP contribution in [0.1, 0.15) is 33.7 Å². The molecule has 84 valence electrons. The smallest absolute Gasteiger partial charge is 0.270 e. The highest BCUT2D eigenvalue weighted by molar-refractivity contribution is 6.00. The highest BCUT2D eigenvalue weighted by atomic mass is 16.5. The van der Waals surface area contributed by atoms with Gasteiger partial charge in [0.15, 0.2) is 6.29 Å². The maximum Gasteiger partial charge on any atom is 0.270 e. The number of nitrogens with zero attached hydrogens (tertiary/aromatic N) is 1. The Morgan fingerprint density at radius 3 is 2.94 bits per heavy atom. The third-order valence-electron chi connectivity index (χ3n) is 2.33. The van der Waals surface area contributed by atoms with Crippen molar-refractivity contribution in [3.8, 4) is 5.75 Å². The standard InChI is InChI=1S/C11H12N2O3/c1-12-11(15)10-8(6-14)9(4-5-13-10)16-7-2-3-7/h4-7H,2-3H2,1H3,(H,12,15). The summed E-state index contributed by atoms with van der Waals surface area (Å²) in [7, 11) is 1.49. The zero-order valence-corrected chi connectivity index (χ0v) is 8.90. The van der Waals surface area contributed by atoms with Gasteiger partial charge in [0.25, 0.3) is 5.91 Å². The van der Waals surface area contributed by atoms with Crippen LogP contribution in [0.2, 0.25) is 0 Å². The Balaban J connectivity index is 2.36. The zero-order chi connectivity index (χ0) is 11.5. The quantitative estimate of drug-likeness (QED) is 0.762. The average Bonchev–Trinajstić information content (AvgIpc) is 3.11. The third kappa shape index (κ3) is 2.03. The highest BCUT2D eigenvalue weighted by Crippen LogP contribution is 2.29. The highest BCUT2D eigenvalue weighted by Gasteiger charge is 2.26. The summed E-state index contributed by atoms with van der Waals surface area (Å²) in [5.41, 5.74) is 0.324. The molecule has 5 nitrogen and oxygen atoms in total. The van der Waals surface area contributed by atoms with Crippen molar-refractivity contribution in [3.63, 3.8) is 0 Å². The van der Waals surface area contributed by atoms with E-state index in [1.165, 1.54) is 13.2 Å². The summed E-state index contributed by atoms with van der Waals surface area (Å²) in [6.45, 7) is 0. The van der Waals surface area contributed by atoms with Crippen LogP contribution in [-0.4, -0.2) is 30.3 Å². The van der Waals surface area contributed by atoms with Crippen LogP contribution in [0.15, 0.2) is 12.3 Å². The summed E-state index contributed by atoms with van der Waals surface area (Å²) in [5.74, 6) is 0.0504. The van der Waals surface area contributed by atoms with Crippen LogP contribution in [0.25, 0.3) is 0 Å². The summed E-state index contributed by atoms with van der Waals surface area (Å²) in [6, 6.07) is 1.61. The van der Waals surface area contributed by atoms with Gasteiger partial charge in [0.05, 0.1) is 11.7 Å². The molecule has 1 saturated carbocycles. The summed E-state index contributed by atoms with van der Waals surface area (Å²) < 4.78 is 5.53. The number of ether oxygens (including phenoxy) is 1. The van der Waals surface area contributed by atoms with Crippen LogP contribution < -0.4 is 10.1 Å². The largest absolute Gasteiger partial charge is 0.490 e. The SMILES string of the molecule is CNC(=O)c1nccc(OC2CC2)c1C=O. The predicted octanol–water partition coefficient (Wildman–Crippen LogP) is 0.795. The van der Waals surface area contributed by atoms with Crippen molar-refractivity contribution in [3.05, 3.63) is 23.5 Å². The van der Waals surface area contributed by atoms with Gasteiger partial charge in [-0.05, 0) is 18.9 Å². The second-order valence-corrected chi connectivity index (χ2v) is 3.59. The molecule has 0 radical (unpaired) electrons. The Morgan fingerprint density at radius 2 is 2.38 bits per heavy atom. The van der Waals surface area contributed by atoms with Crippen molar-refractivity contribution < 1.29 is 14.3 Å². The van der Waals surface area contributed by atoms with Gasteiger partial charge in [-0.1, -0.05) is 0 Å². The maximum atomic E-state index is 11.5. The van der Waals surface area contributed by atoms with E-state index >= 15 is 0 Å². The lowest BCUT2D eigenvalue weighted by Crippen LogP contribution is -2.21. The van der Waals surface area contributed by atoms with Crippen LogP contribution >= 0.6 is 0 Å². The van der Waals surface area contributed by atoms with Crippen LogP contribution in [0, 0.1) is 0 Å². The van der Waals surface area contributed by atoms with E-state index < -0.39 is 0 Å². The molecule has 1 N–H and O–H groups in total. The number of carbonyl (C=O) groups excluding carboxylic acids is 2. The van der Waals surface area contributed by atoms with Gasteiger partial charge in [0.2, 0.25) is 0 Å². The molecule has 1 aromatic rings. The number of hydrogen-bond acceptors (Lipinski definition) is 4. The van der Waals surface area contributed by atoms with Crippen molar-refractivity contribution in [2.75, 3.05) is 7.05 Å². The van der Waals surface area contributed by atoms with Gasteiger partial charge in [-0.25, -0.2) is 0 Å². The Kier molecular flexibility index (Phi) is 2.85. The molecule has 16 heavy (non-hydrogen) atoms. The van der Waals surface area contributed by atoms with Crippen LogP contribution in [0.4, 0.5) is 0 Å². The summed E-state index contributed by atoms with van der Waals surface area (Å²) in [4.78, 5) is 26.3. The Hall–Kier alpha value is -1.91. The van der Waals surface area contributed by atoms with Gasteiger partial charge in [-0.15, -0.1) is 0 Å². The zero-order valence-electron chi connectivity index (χ0n) is 8.90. The maximum absolute atomic E-state index is 11.5. The normalized spacial score (nSPS) is 14.3. The minimum atomic E-state index is -0.386. The van der Waals surface area contributed by atoms with E-state index in [0.717, 1.165) is 12.8 Å². The van der Waals surface area contributed by atoms with Crippen molar-refractivity contribution in [1.82, 2.24) is 10.3 Å². The Morgan fingerprint density at radius 1 is 1.62 bits per heavy atom. The van der Waals surface area contributed by atoms with Crippen LogP contribution in [-0.2, 0) is 0 Å². The predicted molar refractivity (Wildman–Crippen MR) is 56.7 cm³/mol. The van der Waals surface area contributed by atoms with Crippen LogP contribution in [0.5, 0.6) is 5.75 Å². The van der Waals surface area contributed by atoms with Crippen LogP contribution in [0.3, 0.4) is 0 Å². The van der Waals surface area contributed by atoms with Crippen molar-refractivity contribution in [1.29, 1.82) is 0 Å². The van der Waals surface area contributed by atoms with E-state index in [9.17, 15) is 9.59 Å². The average molecular weight is 220 g/mol. The van der Waals surface area contributed by atoms with Crippen molar-refractivity contribution in [2.24, 2.45) is 0 Å². The molecule has 0 aromatic carbocycles. The van der Waals surface area contributed by atoms with Gasteiger partial charge in [-0.3, -0.25) is 14.6 Å². The molecule has 0 saturated heterocycles. The van der Waals surface area contributed by atoms with E-state index in [1.54, 1.807) is 6.07 Å². The second-order valence-electron chi connectivity index (χ2n) is 3.59. The molecule has 1 aliphatic rings. The van der Waals surface area contributed by atoms with E-state index in [4.69, 9.17) is 4.74 Å². The molecular weight excluding hydrogens is 208 g/mol. The molecule has 1 aliphatic carbocycles. The Labute approximate surface area is 92.8 Å². The number of pyridine rings is 1. The topological polar surface area (TPSA) is 68.3 Å². The van der Waals surface area contributed by atoms with E-state index in [0.29, 0.717) is 12.0 Å². The lowest BCUT2D eigenvalue weighted by atomic mass is 10.2. The number of rotatable bonds is 4. The van der Waals surface area contributed by atoms with Gasteiger partial charge < -0.3 is 10.1 Å². The number of carbonyl (C=O) groups is 2. The Bertz CT molecular complexity index is 427. The second kappa shape index (κ2) is 4.30. The molecule has 1 amide bonds. The molecule has 5 heteroatoms. The number of amides is 1. The molecule has 0 bridgehead atoms. The van der Waals surface area contributed by atoms with E-state index in [1.807, 2.05) is 0 Å². The molecule has 1 fully saturated rings. The minimum absolute atomic E-state index is 0.107. The monoisotopic (exact) mass is 220 g/mol. The fraction of sp³-hybridized carbons (Fsp3) is 0.364. The molecular formula is C11H12N2O3. The third-order valence-corrected chi connectivity index (χ3v) is 2.33.